The molecule has 0 spiro atoms. The van der Waals surface area contributed by atoms with Crippen LogP contribution in [0.3, 0.4) is 0 Å². The van der Waals surface area contributed by atoms with Gasteiger partial charge in [0.1, 0.15) is 0 Å². The third kappa shape index (κ3) is 4.13. The van der Waals surface area contributed by atoms with Gasteiger partial charge in [0, 0.05) is 23.3 Å². The number of nitrogens with zero attached hydrogens (tertiary/aromatic N) is 3. The van der Waals surface area contributed by atoms with Gasteiger partial charge in [-0.15, -0.1) is 10.2 Å². The van der Waals surface area contributed by atoms with Crippen LogP contribution in [-0.2, 0) is 12.7 Å². The summed E-state index contributed by atoms with van der Waals surface area (Å²) in [5.74, 6) is 0.110. The Balaban J connectivity index is 1.55. The van der Waals surface area contributed by atoms with Gasteiger partial charge in [-0.05, 0) is 54.1 Å². The molecule has 0 saturated carbocycles. The Morgan fingerprint density at radius 3 is 2.53 bits per heavy atom. The second-order valence-electron chi connectivity index (χ2n) is 6.56. The smallest absolute Gasteiger partial charge is 0.348 e. The van der Waals surface area contributed by atoms with Gasteiger partial charge in [-0.3, -0.25) is 9.20 Å². The highest BCUT2D eigenvalue weighted by atomic mass is 35.5. The second kappa shape index (κ2) is 7.79. The van der Waals surface area contributed by atoms with Crippen molar-refractivity contribution in [2.75, 3.05) is 0 Å². The predicted molar refractivity (Wildman–Crippen MR) is 106 cm³/mol. The lowest BCUT2D eigenvalue weighted by molar-refractivity contribution is -0.137. The zero-order valence-electron chi connectivity index (χ0n) is 15.3. The fourth-order valence-corrected chi connectivity index (χ4v) is 3.09. The summed E-state index contributed by atoms with van der Waals surface area (Å²) >= 11 is 5.92. The van der Waals surface area contributed by atoms with Gasteiger partial charge in [-0.2, -0.15) is 13.2 Å². The Morgan fingerprint density at radius 1 is 1.03 bits per heavy atom. The van der Waals surface area contributed by atoms with Crippen LogP contribution < -0.4 is 5.32 Å². The highest BCUT2D eigenvalue weighted by Gasteiger charge is 2.30. The van der Waals surface area contributed by atoms with E-state index in [1.54, 1.807) is 47.0 Å². The van der Waals surface area contributed by atoms with Crippen molar-refractivity contribution in [2.24, 2.45) is 0 Å². The topological polar surface area (TPSA) is 59.3 Å². The van der Waals surface area contributed by atoms with Crippen LogP contribution in [-0.4, -0.2) is 20.5 Å². The number of nitrogens with one attached hydrogen (secondary N) is 1. The summed E-state index contributed by atoms with van der Waals surface area (Å²) in [4.78, 5) is 12.6. The third-order valence-electron chi connectivity index (χ3n) is 4.47. The SMILES string of the molecule is O=C(NCc1cccc(C(F)(F)F)c1)c1ccc2nnc(-c3ccc(Cl)cc3)n2c1. The molecule has 152 valence electrons. The number of aromatic nitrogens is 3. The molecule has 2 aromatic heterocycles. The summed E-state index contributed by atoms with van der Waals surface area (Å²) < 4.78 is 40.2. The Morgan fingerprint density at radius 2 is 1.80 bits per heavy atom. The van der Waals surface area contributed by atoms with Gasteiger partial charge >= 0.3 is 6.18 Å². The minimum atomic E-state index is -4.43. The molecule has 0 bridgehead atoms. The number of alkyl halides is 3. The second-order valence-corrected chi connectivity index (χ2v) is 6.99. The lowest BCUT2D eigenvalue weighted by Gasteiger charge is -2.10. The van der Waals surface area contributed by atoms with Crippen molar-refractivity contribution in [3.05, 3.63) is 88.6 Å². The van der Waals surface area contributed by atoms with Crippen LogP contribution in [0.15, 0.2) is 66.9 Å². The molecule has 4 aromatic rings. The lowest BCUT2D eigenvalue weighted by Crippen LogP contribution is -2.23. The molecule has 0 fully saturated rings. The third-order valence-corrected chi connectivity index (χ3v) is 4.73. The number of halogens is 4. The van der Waals surface area contributed by atoms with Crippen molar-refractivity contribution in [2.45, 2.75) is 12.7 Å². The molecule has 0 aliphatic carbocycles. The van der Waals surface area contributed by atoms with Crippen LogP contribution in [0.1, 0.15) is 21.5 Å². The number of amides is 1. The van der Waals surface area contributed by atoms with Crippen molar-refractivity contribution in [1.29, 1.82) is 0 Å². The quantitative estimate of drug-likeness (QED) is 0.495. The highest BCUT2D eigenvalue weighted by molar-refractivity contribution is 6.30. The summed E-state index contributed by atoms with van der Waals surface area (Å²) in [6.45, 7) is -0.0347. The molecular weight excluding hydrogens is 417 g/mol. The van der Waals surface area contributed by atoms with Gasteiger partial charge in [0.2, 0.25) is 0 Å². The van der Waals surface area contributed by atoms with Crippen LogP contribution in [0.5, 0.6) is 0 Å². The van der Waals surface area contributed by atoms with E-state index < -0.39 is 17.6 Å². The van der Waals surface area contributed by atoms with E-state index in [9.17, 15) is 18.0 Å². The van der Waals surface area contributed by atoms with Crippen LogP contribution in [0.4, 0.5) is 13.2 Å². The first-order valence-corrected chi connectivity index (χ1v) is 9.24. The number of pyridine rings is 1. The molecule has 9 heteroatoms. The lowest BCUT2D eigenvalue weighted by atomic mass is 10.1. The number of hydrogen-bond acceptors (Lipinski definition) is 3. The summed E-state index contributed by atoms with van der Waals surface area (Å²) in [6, 6.07) is 15.1. The first-order chi connectivity index (χ1) is 14.3. The number of fused-ring (bicyclic) bond motifs is 1. The first-order valence-electron chi connectivity index (χ1n) is 8.86. The van der Waals surface area contributed by atoms with Gasteiger partial charge in [0.25, 0.3) is 5.91 Å². The van der Waals surface area contributed by atoms with E-state index in [2.05, 4.69) is 15.5 Å². The molecule has 4 rings (SSSR count). The van der Waals surface area contributed by atoms with E-state index in [1.165, 1.54) is 12.1 Å². The normalized spacial score (nSPS) is 11.6. The maximum Gasteiger partial charge on any atom is 0.416 e. The fraction of sp³-hybridized carbons (Fsp3) is 0.0952. The zero-order valence-corrected chi connectivity index (χ0v) is 16.1. The standard InChI is InChI=1S/C21H14ClF3N4O/c22-17-7-4-14(5-8-17)19-28-27-18-9-6-15(12-29(18)19)20(30)26-11-13-2-1-3-16(10-13)21(23,24)25/h1-10,12H,11H2,(H,26,30). The van der Waals surface area contributed by atoms with Gasteiger partial charge in [0.15, 0.2) is 11.5 Å². The van der Waals surface area contributed by atoms with E-state index in [0.29, 0.717) is 27.6 Å². The maximum atomic E-state index is 12.8. The Bertz CT molecular complexity index is 1220. The monoisotopic (exact) mass is 430 g/mol. The number of carbonyl (C=O) groups is 1. The largest absolute Gasteiger partial charge is 0.416 e. The molecule has 0 saturated heterocycles. The van der Waals surface area contributed by atoms with Gasteiger partial charge in [-0.25, -0.2) is 0 Å². The van der Waals surface area contributed by atoms with E-state index in [-0.39, 0.29) is 6.54 Å². The highest BCUT2D eigenvalue weighted by Crippen LogP contribution is 2.29. The molecule has 2 aromatic carbocycles. The Hall–Kier alpha value is -3.39. The molecule has 0 unspecified atom stereocenters. The molecule has 0 aliphatic rings. The first kappa shape index (κ1) is 19.9. The summed E-state index contributed by atoms with van der Waals surface area (Å²) in [7, 11) is 0. The minimum Gasteiger partial charge on any atom is -0.348 e. The molecule has 5 nitrogen and oxygen atoms in total. The fourth-order valence-electron chi connectivity index (χ4n) is 2.96. The molecule has 30 heavy (non-hydrogen) atoms. The summed E-state index contributed by atoms with van der Waals surface area (Å²) in [6.07, 6.45) is -2.85. The summed E-state index contributed by atoms with van der Waals surface area (Å²) in [5, 5.41) is 11.5. The van der Waals surface area contributed by atoms with Crippen molar-refractivity contribution < 1.29 is 18.0 Å². The molecule has 2 heterocycles. The van der Waals surface area contributed by atoms with Crippen molar-refractivity contribution >= 4 is 23.2 Å². The minimum absolute atomic E-state index is 0.0347. The van der Waals surface area contributed by atoms with Gasteiger partial charge in [0.05, 0.1) is 11.1 Å². The maximum absolute atomic E-state index is 12.8. The number of rotatable bonds is 4. The van der Waals surface area contributed by atoms with Crippen LogP contribution in [0, 0.1) is 0 Å². The Kier molecular flexibility index (Phi) is 5.17. The van der Waals surface area contributed by atoms with E-state index in [1.807, 2.05) is 0 Å². The number of hydrogen-bond donors (Lipinski definition) is 1. The number of carbonyl (C=O) groups excluding carboxylic acids is 1. The molecule has 0 radical (unpaired) electrons. The van der Waals surface area contributed by atoms with Gasteiger partial charge in [-0.1, -0.05) is 23.7 Å². The van der Waals surface area contributed by atoms with E-state index in [0.717, 1.165) is 17.7 Å². The van der Waals surface area contributed by atoms with Crippen LogP contribution in [0.25, 0.3) is 17.0 Å². The zero-order chi connectivity index (χ0) is 21.3. The summed E-state index contributed by atoms with van der Waals surface area (Å²) in [5.41, 5.74) is 1.24. The van der Waals surface area contributed by atoms with Gasteiger partial charge < -0.3 is 5.32 Å². The average molecular weight is 431 g/mol. The van der Waals surface area contributed by atoms with Crippen LogP contribution in [0.2, 0.25) is 5.02 Å². The van der Waals surface area contributed by atoms with Crippen molar-refractivity contribution in [3.63, 3.8) is 0 Å². The molecule has 0 aliphatic heterocycles. The van der Waals surface area contributed by atoms with Crippen LogP contribution >= 0.6 is 11.6 Å². The van der Waals surface area contributed by atoms with Crippen molar-refractivity contribution in [1.82, 2.24) is 19.9 Å². The molecule has 0 atom stereocenters. The molecule has 1 N–H and O–H groups in total. The van der Waals surface area contributed by atoms with Crippen molar-refractivity contribution in [3.8, 4) is 11.4 Å². The Labute approximate surface area is 174 Å². The number of benzene rings is 2. The molecular formula is C21H14ClF3N4O. The average Bonchev–Trinajstić information content (AvgIpc) is 3.15. The predicted octanol–water partition coefficient (Wildman–Crippen LogP) is 5.00. The van der Waals surface area contributed by atoms with E-state index in [4.69, 9.17) is 11.6 Å². The molecule has 1 amide bonds. The van der Waals surface area contributed by atoms with E-state index >= 15 is 0 Å².